The fourth-order valence-electron chi connectivity index (χ4n) is 1.50. The van der Waals surface area contributed by atoms with Gasteiger partial charge in [-0.15, -0.1) is 0 Å². The van der Waals surface area contributed by atoms with E-state index in [1.165, 1.54) is 11.1 Å². The average molecular weight is 166 g/mol. The zero-order valence-corrected chi connectivity index (χ0v) is 9.15. The van der Waals surface area contributed by atoms with Crippen LogP contribution in [0, 0.1) is 5.92 Å². The second-order valence-electron chi connectivity index (χ2n) is 3.52. The van der Waals surface area contributed by atoms with E-state index in [4.69, 9.17) is 0 Å². The molecule has 0 saturated heterocycles. The van der Waals surface area contributed by atoms with Gasteiger partial charge in [-0.3, -0.25) is 0 Å². The maximum absolute atomic E-state index is 2.34. The van der Waals surface area contributed by atoms with Crippen LogP contribution in [0.25, 0.3) is 0 Å². The topological polar surface area (TPSA) is 0 Å². The van der Waals surface area contributed by atoms with Gasteiger partial charge in [0.1, 0.15) is 0 Å². The molecule has 0 rings (SSSR count). The van der Waals surface area contributed by atoms with Gasteiger partial charge in [-0.25, -0.2) is 0 Å². The molecule has 0 fully saturated rings. The summed E-state index contributed by atoms with van der Waals surface area (Å²) in [6.07, 6.45) is 6.93. The van der Waals surface area contributed by atoms with Crippen molar-refractivity contribution in [2.24, 2.45) is 5.92 Å². The molecule has 0 bridgehead atoms. The lowest BCUT2D eigenvalue weighted by Gasteiger charge is -2.11. The van der Waals surface area contributed by atoms with Gasteiger partial charge in [0.25, 0.3) is 0 Å². The van der Waals surface area contributed by atoms with Gasteiger partial charge >= 0.3 is 0 Å². The lowest BCUT2D eigenvalue weighted by atomic mass is 9.95. The average Bonchev–Trinajstić information content (AvgIpc) is 1.99. The Morgan fingerprint density at radius 1 is 1.08 bits per heavy atom. The van der Waals surface area contributed by atoms with E-state index < -0.39 is 0 Å². The first-order valence-electron chi connectivity index (χ1n) is 5.00. The summed E-state index contributed by atoms with van der Waals surface area (Å²) in [5.74, 6) is 0.660. The molecule has 0 spiro atoms. The predicted molar refractivity (Wildman–Crippen MR) is 57.3 cm³/mol. The molecule has 70 valence electrons. The molecule has 0 unspecified atom stereocenters. The van der Waals surface area contributed by atoms with Gasteiger partial charge in [0, 0.05) is 0 Å². The normalized spacial score (nSPS) is 14.2. The SMILES string of the molecule is CCC=C(C)C(=CCC)C(C)C. The van der Waals surface area contributed by atoms with Gasteiger partial charge in [-0.2, -0.15) is 0 Å². The minimum Gasteiger partial charge on any atom is -0.0816 e. The van der Waals surface area contributed by atoms with E-state index in [0.717, 1.165) is 12.8 Å². The summed E-state index contributed by atoms with van der Waals surface area (Å²) in [7, 11) is 0. The number of rotatable bonds is 4. The van der Waals surface area contributed by atoms with Crippen LogP contribution in [0.3, 0.4) is 0 Å². The number of hydrogen-bond acceptors (Lipinski definition) is 0. The van der Waals surface area contributed by atoms with Crippen LogP contribution in [-0.2, 0) is 0 Å². The first-order chi connectivity index (χ1) is 5.63. The van der Waals surface area contributed by atoms with Crippen molar-refractivity contribution in [1.29, 1.82) is 0 Å². The molecule has 0 amide bonds. The van der Waals surface area contributed by atoms with Crippen LogP contribution in [0.15, 0.2) is 23.3 Å². The van der Waals surface area contributed by atoms with E-state index in [0.29, 0.717) is 5.92 Å². The van der Waals surface area contributed by atoms with E-state index in [1.807, 2.05) is 0 Å². The summed E-state index contributed by atoms with van der Waals surface area (Å²) in [4.78, 5) is 0. The van der Waals surface area contributed by atoms with Crippen LogP contribution in [-0.4, -0.2) is 0 Å². The minimum atomic E-state index is 0.660. The van der Waals surface area contributed by atoms with Crippen molar-refractivity contribution in [3.05, 3.63) is 23.3 Å². The maximum Gasteiger partial charge on any atom is -0.0219 e. The molecule has 0 aliphatic carbocycles. The van der Waals surface area contributed by atoms with E-state index in [1.54, 1.807) is 0 Å². The van der Waals surface area contributed by atoms with Crippen LogP contribution in [0.1, 0.15) is 47.5 Å². The van der Waals surface area contributed by atoms with Crippen molar-refractivity contribution < 1.29 is 0 Å². The molecule has 0 aliphatic rings. The summed E-state index contributed by atoms with van der Waals surface area (Å²) in [5, 5.41) is 0. The van der Waals surface area contributed by atoms with E-state index in [2.05, 4.69) is 46.8 Å². The molecule has 0 aromatic rings. The van der Waals surface area contributed by atoms with Crippen molar-refractivity contribution in [3.8, 4) is 0 Å². The lowest BCUT2D eigenvalue weighted by molar-refractivity contribution is 0.769. The molecule has 0 aliphatic heterocycles. The molecular formula is C12H22. The Morgan fingerprint density at radius 2 is 1.58 bits per heavy atom. The molecule has 0 aromatic carbocycles. The zero-order valence-electron chi connectivity index (χ0n) is 9.15. The third-order valence-corrected chi connectivity index (χ3v) is 2.01. The largest absolute Gasteiger partial charge is 0.0816 e. The molecule has 0 nitrogen and oxygen atoms in total. The van der Waals surface area contributed by atoms with Crippen molar-refractivity contribution in [3.63, 3.8) is 0 Å². The van der Waals surface area contributed by atoms with Gasteiger partial charge in [-0.05, 0) is 31.3 Å². The van der Waals surface area contributed by atoms with Crippen LogP contribution in [0.2, 0.25) is 0 Å². The summed E-state index contributed by atoms with van der Waals surface area (Å²) in [5.41, 5.74) is 2.97. The van der Waals surface area contributed by atoms with Gasteiger partial charge in [0.2, 0.25) is 0 Å². The smallest absolute Gasteiger partial charge is 0.0219 e. The van der Waals surface area contributed by atoms with Gasteiger partial charge in [-0.1, -0.05) is 45.4 Å². The number of allylic oxidation sites excluding steroid dienone is 4. The van der Waals surface area contributed by atoms with Gasteiger partial charge < -0.3 is 0 Å². The monoisotopic (exact) mass is 166 g/mol. The molecule has 0 heterocycles. The van der Waals surface area contributed by atoms with Crippen molar-refractivity contribution in [1.82, 2.24) is 0 Å². The van der Waals surface area contributed by atoms with E-state index in [-0.39, 0.29) is 0 Å². The lowest BCUT2D eigenvalue weighted by Crippen LogP contribution is -1.95. The molecule has 0 radical (unpaired) electrons. The number of hydrogen-bond donors (Lipinski definition) is 0. The highest BCUT2D eigenvalue weighted by Crippen LogP contribution is 2.19. The third kappa shape index (κ3) is 3.75. The van der Waals surface area contributed by atoms with Crippen molar-refractivity contribution in [2.45, 2.75) is 47.5 Å². The Morgan fingerprint density at radius 3 is 1.92 bits per heavy atom. The molecule has 0 aromatic heterocycles. The highest BCUT2D eigenvalue weighted by molar-refractivity contribution is 5.30. The van der Waals surface area contributed by atoms with Crippen LogP contribution in [0.5, 0.6) is 0 Å². The highest BCUT2D eigenvalue weighted by Gasteiger charge is 2.03. The second kappa shape index (κ2) is 6.05. The van der Waals surface area contributed by atoms with Crippen molar-refractivity contribution >= 4 is 0 Å². The molecular weight excluding hydrogens is 144 g/mol. The summed E-state index contributed by atoms with van der Waals surface area (Å²) in [6.45, 7) is 11.1. The fourth-order valence-corrected chi connectivity index (χ4v) is 1.50. The van der Waals surface area contributed by atoms with E-state index in [9.17, 15) is 0 Å². The Bertz CT molecular complexity index is 170. The van der Waals surface area contributed by atoms with Crippen LogP contribution in [0.4, 0.5) is 0 Å². The Labute approximate surface area is 77.4 Å². The quantitative estimate of drug-likeness (QED) is 0.545. The molecule has 12 heavy (non-hydrogen) atoms. The van der Waals surface area contributed by atoms with E-state index >= 15 is 0 Å². The minimum absolute atomic E-state index is 0.660. The van der Waals surface area contributed by atoms with Crippen LogP contribution < -0.4 is 0 Å². The van der Waals surface area contributed by atoms with Crippen molar-refractivity contribution in [2.75, 3.05) is 0 Å². The van der Waals surface area contributed by atoms with Gasteiger partial charge in [0.05, 0.1) is 0 Å². The Hall–Kier alpha value is -0.520. The first kappa shape index (κ1) is 11.5. The second-order valence-corrected chi connectivity index (χ2v) is 3.52. The predicted octanol–water partition coefficient (Wildman–Crippen LogP) is 4.34. The van der Waals surface area contributed by atoms with Crippen LogP contribution >= 0.6 is 0 Å². The zero-order chi connectivity index (χ0) is 9.56. The summed E-state index contributed by atoms with van der Waals surface area (Å²) in [6, 6.07) is 0. The Kier molecular flexibility index (Phi) is 5.79. The molecule has 0 atom stereocenters. The Balaban J connectivity index is 4.52. The third-order valence-electron chi connectivity index (χ3n) is 2.01. The summed E-state index contributed by atoms with van der Waals surface area (Å²) < 4.78 is 0. The molecule has 0 saturated carbocycles. The summed E-state index contributed by atoms with van der Waals surface area (Å²) >= 11 is 0. The standard InChI is InChI=1S/C12H22/c1-6-8-11(5)12(9-7-2)10(3)4/h8-10H,6-7H2,1-5H3. The molecule has 0 N–H and O–H groups in total. The molecule has 0 heteroatoms. The maximum atomic E-state index is 2.34. The fraction of sp³-hybridized carbons (Fsp3) is 0.667. The first-order valence-corrected chi connectivity index (χ1v) is 5.00. The highest BCUT2D eigenvalue weighted by atomic mass is 14.1. The van der Waals surface area contributed by atoms with Gasteiger partial charge in [0.15, 0.2) is 0 Å².